The van der Waals surface area contributed by atoms with Crippen molar-refractivity contribution >= 4 is 46.3 Å². The third kappa shape index (κ3) is 4.10. The highest BCUT2D eigenvalue weighted by Gasteiger charge is 2.34. The zero-order valence-electron chi connectivity index (χ0n) is 14.8. The van der Waals surface area contributed by atoms with Crippen molar-refractivity contribution in [3.8, 4) is 0 Å². The molecule has 7 heteroatoms. The number of thioether (sulfide) groups is 1. The predicted molar refractivity (Wildman–Crippen MR) is 112 cm³/mol. The SMILES string of the molecule is O=C(Cc1cccs1)Nc1ccc([C@@H]2SCC(=O)N2c2ccc(F)cc2)cc1. The van der Waals surface area contributed by atoms with Gasteiger partial charge >= 0.3 is 0 Å². The van der Waals surface area contributed by atoms with E-state index >= 15 is 0 Å². The fourth-order valence-corrected chi connectivity index (χ4v) is 4.94. The molecule has 1 aromatic heterocycles. The van der Waals surface area contributed by atoms with Crippen LogP contribution in [0.4, 0.5) is 15.8 Å². The van der Waals surface area contributed by atoms with Gasteiger partial charge in [-0.25, -0.2) is 4.39 Å². The number of hydrogen-bond donors (Lipinski definition) is 1. The number of thiophene rings is 1. The Morgan fingerprint density at radius 3 is 2.54 bits per heavy atom. The van der Waals surface area contributed by atoms with E-state index in [4.69, 9.17) is 0 Å². The van der Waals surface area contributed by atoms with Crippen LogP contribution >= 0.6 is 23.1 Å². The van der Waals surface area contributed by atoms with E-state index in [0.717, 1.165) is 10.4 Å². The molecule has 2 amide bonds. The summed E-state index contributed by atoms with van der Waals surface area (Å²) in [6.07, 6.45) is 0.352. The lowest BCUT2D eigenvalue weighted by molar-refractivity contribution is -0.116. The van der Waals surface area contributed by atoms with E-state index in [-0.39, 0.29) is 23.0 Å². The van der Waals surface area contributed by atoms with Crippen molar-refractivity contribution in [2.75, 3.05) is 16.0 Å². The van der Waals surface area contributed by atoms with Gasteiger partial charge in [0.25, 0.3) is 0 Å². The lowest BCUT2D eigenvalue weighted by Gasteiger charge is -2.24. The molecule has 2 heterocycles. The van der Waals surface area contributed by atoms with E-state index < -0.39 is 0 Å². The number of halogens is 1. The van der Waals surface area contributed by atoms with Gasteiger partial charge < -0.3 is 5.32 Å². The Kier molecular flexibility index (Phi) is 5.45. The van der Waals surface area contributed by atoms with Crippen LogP contribution < -0.4 is 10.2 Å². The molecule has 1 fully saturated rings. The van der Waals surface area contributed by atoms with Crippen molar-refractivity contribution < 1.29 is 14.0 Å². The summed E-state index contributed by atoms with van der Waals surface area (Å²) >= 11 is 3.09. The van der Waals surface area contributed by atoms with Gasteiger partial charge in [0.2, 0.25) is 11.8 Å². The molecule has 1 saturated heterocycles. The normalized spacial score (nSPS) is 16.4. The summed E-state index contributed by atoms with van der Waals surface area (Å²) in [5.74, 6) is -0.0211. The van der Waals surface area contributed by atoms with Crippen LogP contribution in [0.5, 0.6) is 0 Å². The molecule has 3 aromatic rings. The van der Waals surface area contributed by atoms with Crippen LogP contribution in [0.25, 0.3) is 0 Å². The number of nitrogens with zero attached hydrogens (tertiary/aromatic N) is 1. The summed E-state index contributed by atoms with van der Waals surface area (Å²) in [5, 5.41) is 4.67. The second kappa shape index (κ2) is 8.16. The first-order chi connectivity index (χ1) is 13.6. The number of benzene rings is 2. The average Bonchev–Trinajstić information content (AvgIpc) is 3.33. The molecule has 1 aliphatic heterocycles. The monoisotopic (exact) mass is 412 g/mol. The second-order valence-corrected chi connectivity index (χ2v) is 8.43. The number of anilines is 2. The van der Waals surface area contributed by atoms with Gasteiger partial charge in [-0.2, -0.15) is 0 Å². The molecular weight excluding hydrogens is 395 g/mol. The smallest absolute Gasteiger partial charge is 0.238 e. The minimum absolute atomic E-state index is 0.00469. The maximum absolute atomic E-state index is 13.2. The summed E-state index contributed by atoms with van der Waals surface area (Å²) in [5.41, 5.74) is 2.35. The van der Waals surface area contributed by atoms with E-state index in [2.05, 4.69) is 5.32 Å². The highest BCUT2D eigenvalue weighted by molar-refractivity contribution is 8.00. The molecule has 1 N–H and O–H groups in total. The molecule has 0 unspecified atom stereocenters. The largest absolute Gasteiger partial charge is 0.326 e. The summed E-state index contributed by atoms with van der Waals surface area (Å²) < 4.78 is 13.2. The van der Waals surface area contributed by atoms with Gasteiger partial charge in [-0.05, 0) is 53.4 Å². The quantitative estimate of drug-likeness (QED) is 0.652. The molecule has 0 bridgehead atoms. The molecule has 0 radical (unpaired) electrons. The first kappa shape index (κ1) is 18.7. The van der Waals surface area contributed by atoms with Crippen LogP contribution in [0, 0.1) is 5.82 Å². The van der Waals surface area contributed by atoms with Crippen LogP contribution in [0.2, 0.25) is 0 Å². The average molecular weight is 413 g/mol. The van der Waals surface area contributed by atoms with E-state index in [1.165, 1.54) is 23.9 Å². The molecule has 0 aliphatic carbocycles. The Bertz CT molecular complexity index is 973. The number of amides is 2. The fourth-order valence-electron chi connectivity index (χ4n) is 3.06. The third-order valence-electron chi connectivity index (χ3n) is 4.37. The van der Waals surface area contributed by atoms with Gasteiger partial charge in [0.05, 0.1) is 12.2 Å². The first-order valence-corrected chi connectivity index (χ1v) is 10.6. The topological polar surface area (TPSA) is 49.4 Å². The standard InChI is InChI=1S/C21H17FN2O2S2/c22-15-5-9-17(10-6-15)24-20(26)13-28-21(24)14-3-7-16(8-4-14)23-19(25)12-18-2-1-11-27-18/h1-11,21H,12-13H2,(H,23,25)/t21-/m0/s1. The molecule has 4 nitrogen and oxygen atoms in total. The summed E-state index contributed by atoms with van der Waals surface area (Å²) in [6.45, 7) is 0. The Hall–Kier alpha value is -2.64. The second-order valence-electron chi connectivity index (χ2n) is 6.33. The minimum atomic E-state index is -0.331. The summed E-state index contributed by atoms with van der Waals surface area (Å²) in [6, 6.07) is 17.3. The zero-order valence-corrected chi connectivity index (χ0v) is 16.4. The Balaban J connectivity index is 1.47. The van der Waals surface area contributed by atoms with E-state index in [1.807, 2.05) is 41.8 Å². The van der Waals surface area contributed by atoms with Gasteiger partial charge in [-0.3, -0.25) is 14.5 Å². The van der Waals surface area contributed by atoms with Gasteiger partial charge in [0.1, 0.15) is 11.2 Å². The number of carbonyl (C=O) groups excluding carboxylic acids is 2. The summed E-state index contributed by atoms with van der Waals surface area (Å²) in [7, 11) is 0. The number of carbonyl (C=O) groups is 2. The first-order valence-electron chi connectivity index (χ1n) is 8.71. The molecule has 28 heavy (non-hydrogen) atoms. The van der Waals surface area contributed by atoms with Crippen molar-refractivity contribution in [1.29, 1.82) is 0 Å². The van der Waals surface area contributed by atoms with Crippen LogP contribution in [-0.4, -0.2) is 17.6 Å². The molecule has 1 atom stereocenters. The Morgan fingerprint density at radius 2 is 1.86 bits per heavy atom. The molecular formula is C21H17FN2O2S2. The van der Waals surface area contributed by atoms with Crippen molar-refractivity contribution in [2.45, 2.75) is 11.8 Å². The van der Waals surface area contributed by atoms with Crippen molar-refractivity contribution in [3.05, 3.63) is 82.3 Å². The Labute approximate surface area is 170 Å². The van der Waals surface area contributed by atoms with Crippen molar-refractivity contribution in [1.82, 2.24) is 0 Å². The van der Waals surface area contributed by atoms with E-state index in [9.17, 15) is 14.0 Å². The lowest BCUT2D eigenvalue weighted by atomic mass is 10.1. The third-order valence-corrected chi connectivity index (χ3v) is 6.46. The minimum Gasteiger partial charge on any atom is -0.326 e. The van der Waals surface area contributed by atoms with Gasteiger partial charge in [0, 0.05) is 16.3 Å². The van der Waals surface area contributed by atoms with E-state index in [0.29, 0.717) is 23.5 Å². The van der Waals surface area contributed by atoms with Gasteiger partial charge in [0.15, 0.2) is 0 Å². The summed E-state index contributed by atoms with van der Waals surface area (Å²) in [4.78, 5) is 27.2. The van der Waals surface area contributed by atoms with Crippen LogP contribution in [-0.2, 0) is 16.0 Å². The lowest BCUT2D eigenvalue weighted by Crippen LogP contribution is -2.27. The number of nitrogens with one attached hydrogen (secondary N) is 1. The molecule has 0 spiro atoms. The highest BCUT2D eigenvalue weighted by atomic mass is 32.2. The number of rotatable bonds is 5. The molecule has 2 aromatic carbocycles. The van der Waals surface area contributed by atoms with Crippen LogP contribution in [0.3, 0.4) is 0 Å². The van der Waals surface area contributed by atoms with Crippen molar-refractivity contribution in [2.24, 2.45) is 0 Å². The predicted octanol–water partition coefficient (Wildman–Crippen LogP) is 4.85. The fraction of sp³-hybridized carbons (Fsp3) is 0.143. The zero-order chi connectivity index (χ0) is 19.5. The Morgan fingerprint density at radius 1 is 1.11 bits per heavy atom. The molecule has 142 valence electrons. The van der Waals surface area contributed by atoms with Crippen LogP contribution in [0.1, 0.15) is 15.8 Å². The van der Waals surface area contributed by atoms with Gasteiger partial charge in [-0.15, -0.1) is 23.1 Å². The van der Waals surface area contributed by atoms with E-state index in [1.54, 1.807) is 28.4 Å². The molecule has 4 rings (SSSR count). The van der Waals surface area contributed by atoms with Crippen LogP contribution in [0.15, 0.2) is 66.0 Å². The maximum Gasteiger partial charge on any atom is 0.238 e. The maximum atomic E-state index is 13.2. The van der Waals surface area contributed by atoms with Gasteiger partial charge in [-0.1, -0.05) is 18.2 Å². The molecule has 1 aliphatic rings. The number of hydrogen-bond acceptors (Lipinski definition) is 4. The molecule has 0 saturated carbocycles. The highest BCUT2D eigenvalue weighted by Crippen LogP contribution is 2.41. The van der Waals surface area contributed by atoms with Crippen molar-refractivity contribution in [3.63, 3.8) is 0 Å².